The average Bonchev–Trinajstić information content (AvgIpc) is 2.71. The fourth-order valence-electron chi connectivity index (χ4n) is 3.33. The van der Waals surface area contributed by atoms with Gasteiger partial charge in [0.05, 0.1) is 10.9 Å². The van der Waals surface area contributed by atoms with Crippen molar-refractivity contribution in [3.8, 4) is 11.3 Å². The van der Waals surface area contributed by atoms with Crippen LogP contribution in [0.1, 0.15) is 42.3 Å². The van der Waals surface area contributed by atoms with E-state index in [0.717, 1.165) is 12.0 Å². The van der Waals surface area contributed by atoms with E-state index in [9.17, 15) is 9.59 Å². The third-order valence-corrected chi connectivity index (χ3v) is 5.05. The smallest absolute Gasteiger partial charge is 0.257 e. The lowest BCUT2D eigenvalue weighted by atomic mass is 10.0. The van der Waals surface area contributed by atoms with Crippen LogP contribution < -0.4 is 5.43 Å². The highest BCUT2D eigenvalue weighted by molar-refractivity contribution is 6.05. The molecule has 0 fully saturated rings. The number of benzene rings is 2. The monoisotopic (exact) mass is 363 g/mol. The third kappa shape index (κ3) is 3.39. The normalized spacial score (nSPS) is 11.0. The minimum Gasteiger partial charge on any atom is -0.455 e. The van der Waals surface area contributed by atoms with E-state index in [2.05, 4.69) is 6.92 Å². The molecule has 140 valence electrons. The van der Waals surface area contributed by atoms with Crippen molar-refractivity contribution in [2.24, 2.45) is 0 Å². The van der Waals surface area contributed by atoms with Gasteiger partial charge < -0.3 is 9.32 Å². The van der Waals surface area contributed by atoms with Crippen LogP contribution >= 0.6 is 0 Å². The molecular formula is C23H25NO3. The van der Waals surface area contributed by atoms with Crippen molar-refractivity contribution in [3.63, 3.8) is 0 Å². The summed E-state index contributed by atoms with van der Waals surface area (Å²) in [6.07, 6.45) is 0.948. The molecule has 0 saturated carbocycles. The van der Waals surface area contributed by atoms with E-state index >= 15 is 0 Å². The summed E-state index contributed by atoms with van der Waals surface area (Å²) in [5, 5.41) is 0.444. The second-order valence-corrected chi connectivity index (χ2v) is 6.60. The zero-order chi connectivity index (χ0) is 19.6. The molecule has 0 bridgehead atoms. The van der Waals surface area contributed by atoms with E-state index in [4.69, 9.17) is 4.42 Å². The van der Waals surface area contributed by atoms with Crippen LogP contribution in [0.5, 0.6) is 0 Å². The molecule has 4 nitrogen and oxygen atoms in total. The molecule has 0 atom stereocenters. The summed E-state index contributed by atoms with van der Waals surface area (Å²) in [5.74, 6) is 0.403. The summed E-state index contributed by atoms with van der Waals surface area (Å²) in [6.45, 7) is 8.95. The van der Waals surface area contributed by atoms with Crippen LogP contribution in [0, 0.1) is 6.92 Å². The molecular weight excluding hydrogens is 338 g/mol. The van der Waals surface area contributed by atoms with Crippen LogP contribution in [-0.2, 0) is 6.42 Å². The summed E-state index contributed by atoms with van der Waals surface area (Å²) in [4.78, 5) is 27.6. The number of para-hydroxylation sites is 1. The summed E-state index contributed by atoms with van der Waals surface area (Å²) >= 11 is 0. The molecule has 3 aromatic rings. The van der Waals surface area contributed by atoms with E-state index in [1.54, 1.807) is 30.0 Å². The van der Waals surface area contributed by atoms with Crippen LogP contribution in [0.3, 0.4) is 0 Å². The second kappa shape index (κ2) is 7.78. The van der Waals surface area contributed by atoms with Crippen LogP contribution in [0.25, 0.3) is 22.3 Å². The number of aryl methyl sites for hydroxylation is 1. The van der Waals surface area contributed by atoms with Gasteiger partial charge in [0.15, 0.2) is 11.0 Å². The molecule has 27 heavy (non-hydrogen) atoms. The summed E-state index contributed by atoms with van der Waals surface area (Å²) in [6, 6.07) is 13.2. The Morgan fingerprint density at radius 1 is 1.00 bits per heavy atom. The Kier molecular flexibility index (Phi) is 5.45. The van der Waals surface area contributed by atoms with E-state index in [0.29, 0.717) is 40.9 Å². The fourth-order valence-corrected chi connectivity index (χ4v) is 3.33. The van der Waals surface area contributed by atoms with E-state index in [-0.39, 0.29) is 11.3 Å². The lowest BCUT2D eigenvalue weighted by Gasteiger charge is -2.19. The molecule has 2 aromatic carbocycles. The first kappa shape index (κ1) is 18.9. The van der Waals surface area contributed by atoms with E-state index in [1.165, 1.54) is 5.56 Å². The third-order valence-electron chi connectivity index (χ3n) is 5.05. The van der Waals surface area contributed by atoms with Gasteiger partial charge in [0.25, 0.3) is 5.91 Å². The molecule has 0 aliphatic heterocycles. The molecule has 0 spiro atoms. The topological polar surface area (TPSA) is 50.5 Å². The number of rotatable bonds is 5. The van der Waals surface area contributed by atoms with Gasteiger partial charge in [-0.2, -0.15) is 0 Å². The Morgan fingerprint density at radius 3 is 2.26 bits per heavy atom. The van der Waals surface area contributed by atoms with Gasteiger partial charge >= 0.3 is 0 Å². The Bertz CT molecular complexity index is 1030. The van der Waals surface area contributed by atoms with Gasteiger partial charge in [0.2, 0.25) is 0 Å². The van der Waals surface area contributed by atoms with Crippen molar-refractivity contribution in [2.75, 3.05) is 13.1 Å². The van der Waals surface area contributed by atoms with Crippen molar-refractivity contribution in [1.82, 2.24) is 4.90 Å². The molecule has 1 amide bonds. The van der Waals surface area contributed by atoms with Gasteiger partial charge in [-0.1, -0.05) is 37.3 Å². The van der Waals surface area contributed by atoms with Gasteiger partial charge in [-0.15, -0.1) is 0 Å². The molecule has 0 aliphatic carbocycles. The van der Waals surface area contributed by atoms with Crippen molar-refractivity contribution in [1.29, 1.82) is 0 Å². The number of hydrogen-bond acceptors (Lipinski definition) is 3. The van der Waals surface area contributed by atoms with Gasteiger partial charge in [0, 0.05) is 24.2 Å². The van der Waals surface area contributed by atoms with Crippen molar-refractivity contribution >= 4 is 16.9 Å². The Balaban J connectivity index is 2.25. The number of carbonyl (C=O) groups is 1. The number of hydrogen-bond donors (Lipinski definition) is 0. The number of carbonyl (C=O) groups excluding carboxylic acids is 1. The highest BCUT2D eigenvalue weighted by Gasteiger charge is 2.20. The standard InChI is InChI=1S/C23H25NO3/c1-5-16-11-13-17(14-12-16)21-15(4)20(25)18-9-8-10-19(22(18)27-21)23(26)24(6-2)7-3/h8-14H,5-7H2,1-4H3. The molecule has 3 rings (SSSR count). The summed E-state index contributed by atoms with van der Waals surface area (Å²) in [5.41, 5.74) is 3.31. The highest BCUT2D eigenvalue weighted by atomic mass is 16.3. The molecule has 0 N–H and O–H groups in total. The number of amides is 1. The maximum atomic E-state index is 12.9. The Labute approximate surface area is 159 Å². The van der Waals surface area contributed by atoms with Crippen molar-refractivity contribution in [2.45, 2.75) is 34.1 Å². The maximum absolute atomic E-state index is 12.9. The Hall–Kier alpha value is -2.88. The predicted molar refractivity (Wildman–Crippen MR) is 109 cm³/mol. The predicted octanol–water partition coefficient (Wildman–Crippen LogP) is 4.81. The largest absolute Gasteiger partial charge is 0.455 e. The van der Waals surface area contributed by atoms with Crippen molar-refractivity contribution < 1.29 is 9.21 Å². The maximum Gasteiger partial charge on any atom is 0.257 e. The molecule has 0 saturated heterocycles. The first-order valence-electron chi connectivity index (χ1n) is 9.46. The minimum atomic E-state index is -0.120. The Morgan fingerprint density at radius 2 is 1.67 bits per heavy atom. The quantitative estimate of drug-likeness (QED) is 0.653. The highest BCUT2D eigenvalue weighted by Crippen LogP contribution is 2.28. The summed E-state index contributed by atoms with van der Waals surface area (Å²) < 4.78 is 6.18. The molecule has 1 aromatic heterocycles. The van der Waals surface area contributed by atoms with E-state index < -0.39 is 0 Å². The zero-order valence-electron chi connectivity index (χ0n) is 16.3. The minimum absolute atomic E-state index is 0.0972. The van der Waals surface area contributed by atoms with Crippen LogP contribution in [0.4, 0.5) is 0 Å². The molecule has 0 unspecified atom stereocenters. The van der Waals surface area contributed by atoms with Gasteiger partial charge in [-0.25, -0.2) is 0 Å². The second-order valence-electron chi connectivity index (χ2n) is 6.60. The van der Waals surface area contributed by atoms with Crippen LogP contribution in [-0.4, -0.2) is 23.9 Å². The van der Waals surface area contributed by atoms with Crippen LogP contribution in [0.2, 0.25) is 0 Å². The number of nitrogens with zero attached hydrogens (tertiary/aromatic N) is 1. The van der Waals surface area contributed by atoms with E-state index in [1.807, 2.05) is 38.1 Å². The molecule has 0 aliphatic rings. The first-order chi connectivity index (χ1) is 13.0. The van der Waals surface area contributed by atoms with Gasteiger partial charge in [-0.3, -0.25) is 9.59 Å². The first-order valence-corrected chi connectivity index (χ1v) is 9.46. The summed E-state index contributed by atoms with van der Waals surface area (Å²) in [7, 11) is 0. The lowest BCUT2D eigenvalue weighted by Crippen LogP contribution is -2.30. The molecule has 1 heterocycles. The van der Waals surface area contributed by atoms with Gasteiger partial charge in [0.1, 0.15) is 5.76 Å². The lowest BCUT2D eigenvalue weighted by molar-refractivity contribution is 0.0774. The zero-order valence-corrected chi connectivity index (χ0v) is 16.3. The fraction of sp³-hybridized carbons (Fsp3) is 0.304. The SMILES string of the molecule is CCc1ccc(-c2oc3c(C(=O)N(CC)CC)cccc3c(=O)c2C)cc1. The van der Waals surface area contributed by atoms with Crippen molar-refractivity contribution in [3.05, 3.63) is 69.4 Å². The van der Waals surface area contributed by atoms with Crippen LogP contribution in [0.15, 0.2) is 51.7 Å². The average molecular weight is 363 g/mol. The molecule has 0 radical (unpaired) electrons. The number of fused-ring (bicyclic) bond motifs is 1. The van der Waals surface area contributed by atoms with Gasteiger partial charge in [-0.05, 0) is 44.9 Å². The molecule has 4 heteroatoms.